The van der Waals surface area contributed by atoms with Crippen molar-refractivity contribution in [1.82, 2.24) is 4.57 Å². The molecule has 0 saturated carbocycles. The van der Waals surface area contributed by atoms with Crippen LogP contribution in [0.5, 0.6) is 5.75 Å². The highest BCUT2D eigenvalue weighted by Gasteiger charge is 2.27. The monoisotopic (exact) mass is 377 g/mol. The number of phenolic OH excluding ortho intramolecular Hbond substituents is 1. The van der Waals surface area contributed by atoms with E-state index in [-0.39, 0.29) is 5.75 Å². The first-order valence-electron chi connectivity index (χ1n) is 9.25. The molecule has 0 amide bonds. The molecule has 0 fully saturated rings. The molecule has 144 valence electrons. The van der Waals surface area contributed by atoms with E-state index < -0.39 is 11.6 Å². The van der Waals surface area contributed by atoms with Crippen LogP contribution in [-0.2, 0) is 11.3 Å². The first kappa shape index (κ1) is 18.2. The molecule has 0 aliphatic rings. The van der Waals surface area contributed by atoms with Crippen LogP contribution in [-0.4, -0.2) is 21.2 Å². The molecule has 0 saturated heterocycles. The predicted molar refractivity (Wildman–Crippen MR) is 109 cm³/mol. The normalized spacial score (nSPS) is 12.0. The van der Waals surface area contributed by atoms with E-state index in [1.54, 1.807) is 12.3 Å². The molecule has 0 spiro atoms. The van der Waals surface area contributed by atoms with Crippen molar-refractivity contribution in [1.29, 1.82) is 0 Å². The van der Waals surface area contributed by atoms with E-state index in [9.17, 15) is 9.90 Å². The maximum atomic E-state index is 13.0. The Morgan fingerprint density at radius 3 is 2.46 bits per heavy atom. The van der Waals surface area contributed by atoms with Gasteiger partial charge in [-0.3, -0.25) is 0 Å². The van der Waals surface area contributed by atoms with Crippen molar-refractivity contribution in [3.8, 4) is 5.75 Å². The number of carbonyl (C=O) groups is 1. The van der Waals surface area contributed by atoms with Gasteiger partial charge in [0.15, 0.2) is 0 Å². The average Bonchev–Trinajstić information content (AvgIpc) is 3.21. The molecular formula is C23H23NO4. The zero-order valence-electron chi connectivity index (χ0n) is 16.4. The lowest BCUT2D eigenvalue weighted by atomic mass is 10.0. The van der Waals surface area contributed by atoms with E-state index >= 15 is 0 Å². The fourth-order valence-corrected chi connectivity index (χ4v) is 3.66. The maximum Gasteiger partial charge on any atom is 0.341 e. The lowest BCUT2D eigenvalue weighted by Crippen LogP contribution is -2.24. The number of aromatic hydroxyl groups is 1. The summed E-state index contributed by atoms with van der Waals surface area (Å²) in [6.07, 6.45) is 1.63. The van der Waals surface area contributed by atoms with Gasteiger partial charge in [-0.15, -0.1) is 0 Å². The first-order valence-corrected chi connectivity index (χ1v) is 9.25. The Hall–Kier alpha value is -3.21. The molecule has 5 heteroatoms. The minimum Gasteiger partial charge on any atom is -0.507 e. The van der Waals surface area contributed by atoms with E-state index in [4.69, 9.17) is 9.15 Å². The van der Waals surface area contributed by atoms with Gasteiger partial charge in [-0.1, -0.05) is 24.3 Å². The Labute approximate surface area is 163 Å². The maximum absolute atomic E-state index is 13.0. The van der Waals surface area contributed by atoms with Gasteiger partial charge in [0.25, 0.3) is 0 Å². The number of carbonyl (C=O) groups excluding carboxylic acids is 1. The summed E-state index contributed by atoms with van der Waals surface area (Å²) in [4.78, 5) is 13.0. The lowest BCUT2D eigenvalue weighted by molar-refractivity contribution is 0.00707. The highest BCUT2D eigenvalue weighted by molar-refractivity contribution is 6.16. The summed E-state index contributed by atoms with van der Waals surface area (Å²) in [5.74, 6) is 0.527. The number of ether oxygens (including phenoxy) is 1. The molecule has 5 nitrogen and oxygen atoms in total. The number of nitrogens with zero attached hydrogens (tertiary/aromatic N) is 1. The number of benzene rings is 2. The van der Waals surface area contributed by atoms with Crippen molar-refractivity contribution < 1.29 is 19.1 Å². The third-order valence-corrected chi connectivity index (χ3v) is 4.80. The molecule has 0 aliphatic heterocycles. The number of phenols is 1. The standard InChI is InChI=1S/C23H23NO4/c1-14-20(22(26)28-23(2,3)4)18-12-19(25)16-9-5-6-10-17(16)21(18)24(14)13-15-8-7-11-27-15/h5-12,25H,13H2,1-4H3. The van der Waals surface area contributed by atoms with Gasteiger partial charge >= 0.3 is 5.97 Å². The fourth-order valence-electron chi connectivity index (χ4n) is 3.66. The Bertz CT molecular complexity index is 1180. The average molecular weight is 377 g/mol. The summed E-state index contributed by atoms with van der Waals surface area (Å²) < 4.78 is 13.2. The van der Waals surface area contributed by atoms with Crippen LogP contribution in [0.15, 0.2) is 53.1 Å². The summed E-state index contributed by atoms with van der Waals surface area (Å²) >= 11 is 0. The molecular weight excluding hydrogens is 354 g/mol. The Balaban J connectivity index is 2.04. The zero-order valence-corrected chi connectivity index (χ0v) is 16.4. The molecule has 0 atom stereocenters. The van der Waals surface area contributed by atoms with Gasteiger partial charge in [-0.05, 0) is 45.9 Å². The fraction of sp³-hybridized carbons (Fsp3) is 0.261. The summed E-state index contributed by atoms with van der Waals surface area (Å²) in [5.41, 5.74) is 1.51. The zero-order chi connectivity index (χ0) is 20.1. The first-order chi connectivity index (χ1) is 13.3. The Morgan fingerprint density at radius 1 is 1.11 bits per heavy atom. The quantitative estimate of drug-likeness (QED) is 0.485. The van der Waals surface area contributed by atoms with E-state index in [1.807, 2.05) is 64.1 Å². The number of aromatic nitrogens is 1. The molecule has 0 aliphatic carbocycles. The highest BCUT2D eigenvalue weighted by atomic mass is 16.6. The third-order valence-electron chi connectivity index (χ3n) is 4.80. The Morgan fingerprint density at radius 2 is 1.82 bits per heavy atom. The van der Waals surface area contributed by atoms with Gasteiger partial charge < -0.3 is 18.8 Å². The van der Waals surface area contributed by atoms with Gasteiger partial charge in [0.1, 0.15) is 17.1 Å². The number of hydrogen-bond donors (Lipinski definition) is 1. The Kier molecular flexibility index (Phi) is 4.18. The molecule has 4 aromatic rings. The second kappa shape index (κ2) is 6.44. The number of esters is 1. The number of hydrogen-bond acceptors (Lipinski definition) is 4. The van der Waals surface area contributed by atoms with Gasteiger partial charge in [-0.2, -0.15) is 0 Å². The topological polar surface area (TPSA) is 64.6 Å². The minimum absolute atomic E-state index is 0.142. The van der Waals surface area contributed by atoms with Crippen LogP contribution in [0.25, 0.3) is 21.7 Å². The van der Waals surface area contributed by atoms with Crippen LogP contribution in [0.3, 0.4) is 0 Å². The SMILES string of the molecule is Cc1c(C(=O)OC(C)(C)C)c2cc(O)c3ccccc3c2n1Cc1ccco1. The summed E-state index contributed by atoms with van der Waals surface area (Å²) in [5, 5.41) is 12.9. The van der Waals surface area contributed by atoms with E-state index in [0.717, 1.165) is 27.7 Å². The highest BCUT2D eigenvalue weighted by Crippen LogP contribution is 2.38. The summed E-state index contributed by atoms with van der Waals surface area (Å²) in [6.45, 7) is 7.90. The van der Waals surface area contributed by atoms with Crippen molar-refractivity contribution >= 4 is 27.6 Å². The number of rotatable bonds is 3. The van der Waals surface area contributed by atoms with Gasteiger partial charge in [0.2, 0.25) is 0 Å². The molecule has 2 aromatic carbocycles. The molecule has 0 unspecified atom stereocenters. The largest absolute Gasteiger partial charge is 0.507 e. The predicted octanol–water partition coefficient (Wildman–Crippen LogP) is 5.41. The van der Waals surface area contributed by atoms with Crippen LogP contribution in [0.4, 0.5) is 0 Å². The molecule has 28 heavy (non-hydrogen) atoms. The molecule has 4 rings (SSSR count). The van der Waals surface area contributed by atoms with Crippen molar-refractivity contribution in [2.45, 2.75) is 39.8 Å². The van der Waals surface area contributed by atoms with Crippen molar-refractivity contribution in [3.63, 3.8) is 0 Å². The van der Waals surface area contributed by atoms with Gasteiger partial charge in [0.05, 0.1) is 23.9 Å². The number of fused-ring (bicyclic) bond motifs is 3. The molecule has 0 bridgehead atoms. The molecule has 2 heterocycles. The van der Waals surface area contributed by atoms with E-state index in [0.29, 0.717) is 17.5 Å². The molecule has 2 aromatic heterocycles. The summed E-state index contributed by atoms with van der Waals surface area (Å²) in [7, 11) is 0. The van der Waals surface area contributed by atoms with E-state index in [2.05, 4.69) is 4.57 Å². The van der Waals surface area contributed by atoms with Crippen molar-refractivity contribution in [2.24, 2.45) is 0 Å². The van der Waals surface area contributed by atoms with Crippen LogP contribution in [0.2, 0.25) is 0 Å². The smallest absolute Gasteiger partial charge is 0.341 e. The second-order valence-electron chi connectivity index (χ2n) is 7.97. The van der Waals surface area contributed by atoms with Crippen LogP contribution in [0, 0.1) is 6.92 Å². The van der Waals surface area contributed by atoms with Crippen molar-refractivity contribution in [2.75, 3.05) is 0 Å². The van der Waals surface area contributed by atoms with Crippen LogP contribution in [0.1, 0.15) is 42.6 Å². The summed E-state index contributed by atoms with van der Waals surface area (Å²) in [6, 6.07) is 13.0. The van der Waals surface area contributed by atoms with Crippen LogP contribution >= 0.6 is 0 Å². The third kappa shape index (κ3) is 3.03. The number of furan rings is 1. The lowest BCUT2D eigenvalue weighted by Gasteiger charge is -2.19. The molecule has 0 radical (unpaired) electrons. The van der Waals surface area contributed by atoms with Crippen molar-refractivity contribution in [3.05, 3.63) is 65.7 Å². The van der Waals surface area contributed by atoms with Gasteiger partial charge in [-0.25, -0.2) is 4.79 Å². The molecule has 1 N–H and O–H groups in total. The minimum atomic E-state index is -0.613. The van der Waals surface area contributed by atoms with Crippen LogP contribution < -0.4 is 0 Å². The second-order valence-corrected chi connectivity index (χ2v) is 7.97. The van der Waals surface area contributed by atoms with Gasteiger partial charge in [0, 0.05) is 21.9 Å². The van der Waals surface area contributed by atoms with E-state index in [1.165, 1.54) is 0 Å².